The van der Waals surface area contributed by atoms with E-state index >= 15 is 0 Å². The van der Waals surface area contributed by atoms with Crippen LogP contribution in [0.25, 0.3) is 0 Å². The average Bonchev–Trinajstić information content (AvgIpc) is 2.43. The van der Waals surface area contributed by atoms with Crippen LogP contribution in [0.3, 0.4) is 0 Å². The SMILES string of the molecule is CC(C)Cc1c(N)n[nH]c1C1CC(C)C1. The zero-order valence-electron chi connectivity index (χ0n) is 9.88. The first kappa shape index (κ1) is 10.5. The highest BCUT2D eigenvalue weighted by Gasteiger charge is 2.30. The Labute approximate surface area is 91.4 Å². The summed E-state index contributed by atoms with van der Waals surface area (Å²) in [6.45, 7) is 6.75. The van der Waals surface area contributed by atoms with Crippen molar-refractivity contribution >= 4 is 5.82 Å². The summed E-state index contributed by atoms with van der Waals surface area (Å²) in [6, 6.07) is 0. The van der Waals surface area contributed by atoms with Gasteiger partial charge in [0.1, 0.15) is 5.82 Å². The average molecular weight is 207 g/mol. The molecular formula is C12H21N3. The van der Waals surface area contributed by atoms with Gasteiger partial charge in [0, 0.05) is 17.2 Å². The van der Waals surface area contributed by atoms with E-state index in [1.165, 1.54) is 24.1 Å². The maximum Gasteiger partial charge on any atom is 0.148 e. The van der Waals surface area contributed by atoms with Crippen molar-refractivity contribution in [2.45, 2.75) is 46.0 Å². The molecule has 84 valence electrons. The first-order valence-corrected chi connectivity index (χ1v) is 5.90. The predicted molar refractivity (Wildman–Crippen MR) is 62.7 cm³/mol. The monoisotopic (exact) mass is 207 g/mol. The normalized spacial score (nSPS) is 25.6. The summed E-state index contributed by atoms with van der Waals surface area (Å²) in [5, 5.41) is 7.28. The Bertz CT molecular complexity index is 335. The third-order valence-electron chi connectivity index (χ3n) is 3.33. The minimum absolute atomic E-state index is 0.640. The maximum atomic E-state index is 5.90. The van der Waals surface area contributed by atoms with Gasteiger partial charge in [-0.05, 0) is 31.1 Å². The second-order valence-electron chi connectivity index (χ2n) is 5.37. The summed E-state index contributed by atoms with van der Waals surface area (Å²) in [4.78, 5) is 0. The molecule has 0 radical (unpaired) electrons. The van der Waals surface area contributed by atoms with E-state index in [0.29, 0.717) is 17.7 Å². The van der Waals surface area contributed by atoms with Crippen molar-refractivity contribution in [3.05, 3.63) is 11.3 Å². The van der Waals surface area contributed by atoms with Gasteiger partial charge in [0.2, 0.25) is 0 Å². The Balaban J connectivity index is 2.16. The van der Waals surface area contributed by atoms with Crippen molar-refractivity contribution in [1.82, 2.24) is 10.2 Å². The molecule has 1 aliphatic carbocycles. The van der Waals surface area contributed by atoms with Crippen LogP contribution in [0.5, 0.6) is 0 Å². The van der Waals surface area contributed by atoms with E-state index in [1.807, 2.05) is 0 Å². The summed E-state index contributed by atoms with van der Waals surface area (Å²) >= 11 is 0. The van der Waals surface area contributed by atoms with Gasteiger partial charge >= 0.3 is 0 Å². The van der Waals surface area contributed by atoms with Crippen LogP contribution in [0, 0.1) is 11.8 Å². The molecule has 0 unspecified atom stereocenters. The second-order valence-corrected chi connectivity index (χ2v) is 5.37. The van der Waals surface area contributed by atoms with E-state index in [4.69, 9.17) is 5.73 Å². The van der Waals surface area contributed by atoms with Crippen molar-refractivity contribution < 1.29 is 0 Å². The number of rotatable bonds is 3. The van der Waals surface area contributed by atoms with Crippen LogP contribution in [-0.4, -0.2) is 10.2 Å². The fourth-order valence-electron chi connectivity index (χ4n) is 2.49. The molecule has 0 amide bonds. The third-order valence-corrected chi connectivity index (χ3v) is 3.33. The number of H-pyrrole nitrogens is 1. The maximum absolute atomic E-state index is 5.90. The van der Waals surface area contributed by atoms with Crippen LogP contribution in [0.15, 0.2) is 0 Å². The van der Waals surface area contributed by atoms with Gasteiger partial charge in [-0.25, -0.2) is 0 Å². The number of nitrogens with two attached hydrogens (primary N) is 1. The minimum Gasteiger partial charge on any atom is -0.382 e. The van der Waals surface area contributed by atoms with Crippen molar-refractivity contribution in [3.8, 4) is 0 Å². The topological polar surface area (TPSA) is 54.7 Å². The fourth-order valence-corrected chi connectivity index (χ4v) is 2.49. The van der Waals surface area contributed by atoms with E-state index in [-0.39, 0.29) is 0 Å². The van der Waals surface area contributed by atoms with Crippen molar-refractivity contribution in [2.24, 2.45) is 11.8 Å². The molecule has 3 N–H and O–H groups in total. The van der Waals surface area contributed by atoms with Crippen LogP contribution in [0.1, 0.15) is 50.8 Å². The molecule has 0 aromatic carbocycles. The molecule has 1 saturated carbocycles. The molecule has 3 heteroatoms. The molecule has 15 heavy (non-hydrogen) atoms. The van der Waals surface area contributed by atoms with Gasteiger partial charge in [0.05, 0.1) is 0 Å². The largest absolute Gasteiger partial charge is 0.382 e. The molecule has 1 fully saturated rings. The van der Waals surface area contributed by atoms with E-state index in [2.05, 4.69) is 31.0 Å². The molecule has 0 saturated heterocycles. The van der Waals surface area contributed by atoms with E-state index in [9.17, 15) is 0 Å². The molecule has 0 spiro atoms. The third kappa shape index (κ3) is 2.01. The summed E-state index contributed by atoms with van der Waals surface area (Å²) in [5.74, 6) is 2.89. The fraction of sp³-hybridized carbons (Fsp3) is 0.750. The molecular weight excluding hydrogens is 186 g/mol. The predicted octanol–water partition coefficient (Wildman–Crippen LogP) is 2.70. The number of anilines is 1. The lowest BCUT2D eigenvalue weighted by Gasteiger charge is -2.32. The molecule has 1 aliphatic rings. The van der Waals surface area contributed by atoms with E-state index < -0.39 is 0 Å². The van der Waals surface area contributed by atoms with E-state index in [1.54, 1.807) is 0 Å². The van der Waals surface area contributed by atoms with Crippen LogP contribution in [0.2, 0.25) is 0 Å². The van der Waals surface area contributed by atoms with E-state index in [0.717, 1.165) is 12.3 Å². The zero-order valence-corrected chi connectivity index (χ0v) is 9.88. The lowest BCUT2D eigenvalue weighted by atomic mass is 9.73. The van der Waals surface area contributed by atoms with Gasteiger partial charge in [-0.15, -0.1) is 0 Å². The quantitative estimate of drug-likeness (QED) is 0.800. The summed E-state index contributed by atoms with van der Waals surface area (Å²) in [5.41, 5.74) is 8.47. The number of aromatic amines is 1. The molecule has 2 rings (SSSR count). The van der Waals surface area contributed by atoms with Gasteiger partial charge in [-0.2, -0.15) is 5.10 Å². The first-order valence-electron chi connectivity index (χ1n) is 5.90. The number of nitrogens with zero attached hydrogens (tertiary/aromatic N) is 1. The molecule has 1 aromatic rings. The molecule has 0 atom stereocenters. The Morgan fingerprint density at radius 2 is 2.13 bits per heavy atom. The van der Waals surface area contributed by atoms with Crippen LogP contribution >= 0.6 is 0 Å². The molecule has 3 nitrogen and oxygen atoms in total. The van der Waals surface area contributed by atoms with Crippen molar-refractivity contribution in [1.29, 1.82) is 0 Å². The first-order chi connectivity index (χ1) is 7.08. The van der Waals surface area contributed by atoms with Crippen LogP contribution in [0.4, 0.5) is 5.82 Å². The van der Waals surface area contributed by atoms with Crippen molar-refractivity contribution in [3.63, 3.8) is 0 Å². The Hall–Kier alpha value is -0.990. The highest BCUT2D eigenvalue weighted by Crippen LogP contribution is 2.42. The summed E-state index contributed by atoms with van der Waals surface area (Å²) in [6.07, 6.45) is 3.61. The zero-order chi connectivity index (χ0) is 11.0. The molecule has 1 aromatic heterocycles. The number of hydrogen-bond donors (Lipinski definition) is 2. The van der Waals surface area contributed by atoms with Crippen molar-refractivity contribution in [2.75, 3.05) is 5.73 Å². The smallest absolute Gasteiger partial charge is 0.148 e. The molecule has 1 heterocycles. The van der Waals surface area contributed by atoms with Crippen LogP contribution in [-0.2, 0) is 6.42 Å². The lowest BCUT2D eigenvalue weighted by molar-refractivity contribution is 0.282. The van der Waals surface area contributed by atoms with Gasteiger partial charge in [0.25, 0.3) is 0 Å². The highest BCUT2D eigenvalue weighted by molar-refractivity contribution is 5.44. The second kappa shape index (κ2) is 3.87. The van der Waals surface area contributed by atoms with Gasteiger partial charge in [0.15, 0.2) is 0 Å². The Kier molecular flexibility index (Phi) is 2.72. The number of nitrogen functional groups attached to an aromatic ring is 1. The minimum atomic E-state index is 0.640. The molecule has 0 bridgehead atoms. The Morgan fingerprint density at radius 3 is 2.67 bits per heavy atom. The van der Waals surface area contributed by atoms with Gasteiger partial charge < -0.3 is 5.73 Å². The Morgan fingerprint density at radius 1 is 1.47 bits per heavy atom. The van der Waals surface area contributed by atoms with Gasteiger partial charge in [-0.3, -0.25) is 5.10 Å². The number of aromatic nitrogens is 2. The standard InChI is InChI=1S/C12H21N3/c1-7(2)4-10-11(14-15-12(10)13)9-5-8(3)6-9/h7-9H,4-6H2,1-3H3,(H3,13,14,15). The number of hydrogen-bond acceptors (Lipinski definition) is 2. The van der Waals surface area contributed by atoms with Crippen LogP contribution < -0.4 is 5.73 Å². The number of nitrogens with one attached hydrogen (secondary N) is 1. The van der Waals surface area contributed by atoms with Gasteiger partial charge in [-0.1, -0.05) is 20.8 Å². The summed E-state index contributed by atoms with van der Waals surface area (Å²) < 4.78 is 0. The molecule has 0 aliphatic heterocycles. The highest BCUT2D eigenvalue weighted by atomic mass is 15.2. The summed E-state index contributed by atoms with van der Waals surface area (Å²) in [7, 11) is 0. The lowest BCUT2D eigenvalue weighted by Crippen LogP contribution is -2.20.